The number of nitrogens with zero attached hydrogens (tertiary/aromatic N) is 1. The molecule has 82 valence electrons. The van der Waals surface area contributed by atoms with Crippen LogP contribution in [-0.2, 0) is 0 Å². The number of hydrogen-bond donors (Lipinski definition) is 1. The van der Waals surface area contributed by atoms with Gasteiger partial charge in [0.1, 0.15) is 0 Å². The van der Waals surface area contributed by atoms with Gasteiger partial charge in [-0.25, -0.2) is 4.39 Å². The Balaban J connectivity index is 2.33. The van der Waals surface area contributed by atoms with E-state index in [4.69, 9.17) is 17.3 Å². The van der Waals surface area contributed by atoms with E-state index >= 15 is 0 Å². The summed E-state index contributed by atoms with van der Waals surface area (Å²) in [5.74, 6) is -0.375. The van der Waals surface area contributed by atoms with Crippen molar-refractivity contribution in [1.29, 1.82) is 0 Å². The summed E-state index contributed by atoms with van der Waals surface area (Å²) in [5.41, 5.74) is 6.31. The van der Waals surface area contributed by atoms with E-state index in [1.165, 1.54) is 0 Å². The molecule has 1 saturated heterocycles. The number of benzene rings is 1. The first-order chi connectivity index (χ1) is 7.09. The van der Waals surface area contributed by atoms with Crippen molar-refractivity contribution >= 4 is 33.2 Å². The van der Waals surface area contributed by atoms with Gasteiger partial charge in [-0.15, -0.1) is 0 Å². The van der Waals surface area contributed by atoms with Crippen LogP contribution >= 0.6 is 27.5 Å². The molecule has 0 amide bonds. The Hall–Kier alpha value is -0.320. The topological polar surface area (TPSA) is 29.3 Å². The van der Waals surface area contributed by atoms with Gasteiger partial charge in [0.15, 0.2) is 5.82 Å². The Kier molecular flexibility index (Phi) is 3.19. The fraction of sp³-hybridized carbons (Fsp3) is 0.400. The maximum atomic E-state index is 13.8. The molecule has 0 aromatic heterocycles. The first-order valence-corrected chi connectivity index (χ1v) is 5.90. The molecule has 1 unspecified atom stereocenters. The highest BCUT2D eigenvalue weighted by molar-refractivity contribution is 9.10. The Labute approximate surface area is 101 Å². The Bertz CT molecular complexity index is 386. The number of anilines is 1. The summed E-state index contributed by atoms with van der Waals surface area (Å²) in [6, 6.07) is 3.61. The van der Waals surface area contributed by atoms with Crippen molar-refractivity contribution in [3.05, 3.63) is 27.4 Å². The lowest BCUT2D eigenvalue weighted by Crippen LogP contribution is -2.26. The van der Waals surface area contributed by atoms with Crippen LogP contribution in [0.3, 0.4) is 0 Å². The van der Waals surface area contributed by atoms with Gasteiger partial charge in [0.25, 0.3) is 0 Å². The zero-order chi connectivity index (χ0) is 11.0. The summed E-state index contributed by atoms with van der Waals surface area (Å²) in [7, 11) is 0. The predicted octanol–water partition coefficient (Wildman–Crippen LogP) is 2.78. The van der Waals surface area contributed by atoms with Gasteiger partial charge < -0.3 is 10.6 Å². The van der Waals surface area contributed by atoms with E-state index in [2.05, 4.69) is 15.9 Å². The average molecular weight is 294 g/mol. The largest absolute Gasteiger partial charge is 0.368 e. The standard InChI is InChI=1S/C10H11BrClFN2/c11-7-1-2-8(10(13)9(7)12)15-4-3-6(14)5-15/h1-2,6H,3-5,14H2. The molecule has 15 heavy (non-hydrogen) atoms. The molecule has 5 heteroatoms. The minimum atomic E-state index is -0.375. The molecule has 0 spiro atoms. The zero-order valence-electron chi connectivity index (χ0n) is 8.01. The van der Waals surface area contributed by atoms with Crippen LogP contribution < -0.4 is 10.6 Å². The van der Waals surface area contributed by atoms with E-state index in [1.54, 1.807) is 12.1 Å². The molecule has 0 bridgehead atoms. The quantitative estimate of drug-likeness (QED) is 0.807. The second-order valence-corrected chi connectivity index (χ2v) is 4.92. The Morgan fingerprint density at radius 3 is 2.87 bits per heavy atom. The van der Waals surface area contributed by atoms with Gasteiger partial charge in [-0.3, -0.25) is 0 Å². The molecule has 1 aliphatic heterocycles. The normalized spacial score (nSPS) is 21.1. The van der Waals surface area contributed by atoms with Crippen molar-refractivity contribution in [2.24, 2.45) is 5.73 Å². The molecule has 1 heterocycles. The third kappa shape index (κ3) is 2.12. The van der Waals surface area contributed by atoms with Gasteiger partial charge in [0.05, 0.1) is 10.7 Å². The van der Waals surface area contributed by atoms with Crippen LogP contribution in [0.4, 0.5) is 10.1 Å². The van der Waals surface area contributed by atoms with E-state index in [0.29, 0.717) is 16.7 Å². The van der Waals surface area contributed by atoms with Gasteiger partial charge in [0.2, 0.25) is 0 Å². The van der Waals surface area contributed by atoms with Gasteiger partial charge in [-0.1, -0.05) is 11.6 Å². The lowest BCUT2D eigenvalue weighted by molar-refractivity contribution is 0.622. The number of hydrogen-bond acceptors (Lipinski definition) is 2. The number of rotatable bonds is 1. The highest BCUT2D eigenvalue weighted by Crippen LogP contribution is 2.33. The molecular weight excluding hydrogens is 282 g/mol. The first kappa shape index (κ1) is 11.2. The molecule has 0 aliphatic carbocycles. The van der Waals surface area contributed by atoms with E-state index in [9.17, 15) is 4.39 Å². The Morgan fingerprint density at radius 2 is 2.27 bits per heavy atom. The summed E-state index contributed by atoms with van der Waals surface area (Å²) in [5, 5.41) is 0.132. The lowest BCUT2D eigenvalue weighted by atomic mass is 10.3. The minimum Gasteiger partial charge on any atom is -0.368 e. The number of nitrogens with two attached hydrogens (primary N) is 1. The van der Waals surface area contributed by atoms with E-state index < -0.39 is 0 Å². The molecule has 0 saturated carbocycles. The summed E-state index contributed by atoms with van der Waals surface area (Å²) < 4.78 is 14.4. The lowest BCUT2D eigenvalue weighted by Gasteiger charge is -2.19. The third-order valence-electron chi connectivity index (χ3n) is 2.58. The van der Waals surface area contributed by atoms with Crippen molar-refractivity contribution < 1.29 is 4.39 Å². The van der Waals surface area contributed by atoms with Crippen LogP contribution in [-0.4, -0.2) is 19.1 Å². The fourth-order valence-electron chi connectivity index (χ4n) is 1.77. The summed E-state index contributed by atoms with van der Waals surface area (Å²) in [6.45, 7) is 1.48. The van der Waals surface area contributed by atoms with Crippen molar-refractivity contribution in [3.63, 3.8) is 0 Å². The van der Waals surface area contributed by atoms with Crippen LogP contribution in [0.2, 0.25) is 5.02 Å². The molecule has 2 nitrogen and oxygen atoms in total. The second-order valence-electron chi connectivity index (χ2n) is 3.69. The summed E-state index contributed by atoms with van der Waals surface area (Å²) >= 11 is 9.00. The van der Waals surface area contributed by atoms with Crippen molar-refractivity contribution in [3.8, 4) is 0 Å². The molecule has 2 rings (SSSR count). The van der Waals surface area contributed by atoms with E-state index in [1.807, 2.05) is 4.90 Å². The monoisotopic (exact) mass is 292 g/mol. The maximum Gasteiger partial charge on any atom is 0.166 e. The Morgan fingerprint density at radius 1 is 1.53 bits per heavy atom. The molecule has 1 atom stereocenters. The molecule has 1 aromatic rings. The molecular formula is C10H11BrClFN2. The predicted molar refractivity (Wildman–Crippen MR) is 63.9 cm³/mol. The van der Waals surface area contributed by atoms with Gasteiger partial charge >= 0.3 is 0 Å². The summed E-state index contributed by atoms with van der Waals surface area (Å²) in [6.07, 6.45) is 0.896. The smallest absolute Gasteiger partial charge is 0.166 e. The van der Waals surface area contributed by atoms with Crippen LogP contribution in [0, 0.1) is 5.82 Å². The summed E-state index contributed by atoms with van der Waals surface area (Å²) in [4.78, 5) is 1.93. The van der Waals surface area contributed by atoms with E-state index in [-0.39, 0.29) is 16.9 Å². The van der Waals surface area contributed by atoms with Crippen molar-refractivity contribution in [1.82, 2.24) is 0 Å². The fourth-order valence-corrected chi connectivity index (χ4v) is 2.23. The molecule has 1 fully saturated rings. The van der Waals surface area contributed by atoms with Crippen LogP contribution in [0.1, 0.15) is 6.42 Å². The maximum absolute atomic E-state index is 13.8. The van der Waals surface area contributed by atoms with Crippen molar-refractivity contribution in [2.45, 2.75) is 12.5 Å². The number of halogens is 3. The molecule has 0 radical (unpaired) electrons. The van der Waals surface area contributed by atoms with E-state index in [0.717, 1.165) is 13.0 Å². The average Bonchev–Trinajstić information content (AvgIpc) is 2.61. The van der Waals surface area contributed by atoms with Gasteiger partial charge in [-0.2, -0.15) is 0 Å². The van der Waals surface area contributed by atoms with Crippen molar-refractivity contribution in [2.75, 3.05) is 18.0 Å². The van der Waals surface area contributed by atoms with Crippen LogP contribution in [0.25, 0.3) is 0 Å². The van der Waals surface area contributed by atoms with Gasteiger partial charge in [-0.05, 0) is 34.5 Å². The molecule has 1 aromatic carbocycles. The van der Waals surface area contributed by atoms with Crippen LogP contribution in [0.15, 0.2) is 16.6 Å². The SMILES string of the molecule is NC1CCN(c2ccc(Br)c(Cl)c2F)C1. The van der Waals surface area contributed by atoms with Gasteiger partial charge in [0, 0.05) is 23.6 Å². The second kappa shape index (κ2) is 4.28. The molecule has 1 aliphatic rings. The zero-order valence-corrected chi connectivity index (χ0v) is 10.4. The first-order valence-electron chi connectivity index (χ1n) is 4.73. The highest BCUT2D eigenvalue weighted by Gasteiger charge is 2.23. The molecule has 2 N–H and O–H groups in total. The van der Waals surface area contributed by atoms with Crippen LogP contribution in [0.5, 0.6) is 0 Å². The minimum absolute atomic E-state index is 0.131. The third-order valence-corrected chi connectivity index (χ3v) is 3.84. The highest BCUT2D eigenvalue weighted by atomic mass is 79.9.